The molecule has 0 aliphatic carbocycles. The van der Waals surface area contributed by atoms with Crippen molar-refractivity contribution in [3.05, 3.63) is 23.8 Å². The summed E-state index contributed by atoms with van der Waals surface area (Å²) in [5.41, 5.74) is -1.18. The molecule has 8 heteroatoms. The highest BCUT2D eigenvalue weighted by atomic mass is 19.3. The van der Waals surface area contributed by atoms with Gasteiger partial charge >= 0.3 is 0 Å². The molecule has 0 atom stereocenters. The van der Waals surface area contributed by atoms with Crippen LogP contribution in [0.2, 0.25) is 0 Å². The van der Waals surface area contributed by atoms with Gasteiger partial charge in [0.25, 0.3) is 12.3 Å². The Morgan fingerprint density at radius 1 is 1.30 bits per heavy atom. The van der Waals surface area contributed by atoms with E-state index in [1.807, 2.05) is 27.7 Å². The topological polar surface area (TPSA) is 66.4 Å². The molecule has 0 bridgehead atoms. The van der Waals surface area contributed by atoms with Crippen LogP contribution in [-0.4, -0.2) is 56.3 Å². The predicted octanol–water partition coefficient (Wildman–Crippen LogP) is 1.89. The molecule has 1 fully saturated rings. The lowest BCUT2D eigenvalue weighted by atomic mass is 9.96. The van der Waals surface area contributed by atoms with Crippen LogP contribution in [0.4, 0.5) is 8.78 Å². The number of rotatable bonds is 3. The Bertz CT molecular complexity index is 619. The van der Waals surface area contributed by atoms with Crippen molar-refractivity contribution in [1.29, 1.82) is 0 Å². The molecule has 2 heterocycles. The molecule has 1 aliphatic rings. The molecule has 0 radical (unpaired) electrons. The molecular weight excluding hydrogens is 306 g/mol. The first kappa shape index (κ1) is 17.2. The standard InChI is InChI=1S/C15H20F2N4O2/c1-9(2)21-12(22)6-20(7-15(21,3)4)14(23)11-5-10(13(16)17)18-8-19-11/h5,8-9,13H,6-7H2,1-4H3. The normalized spacial score (nSPS) is 18.0. The first-order valence-corrected chi connectivity index (χ1v) is 7.35. The molecule has 1 saturated heterocycles. The van der Waals surface area contributed by atoms with Crippen molar-refractivity contribution in [2.24, 2.45) is 0 Å². The van der Waals surface area contributed by atoms with Gasteiger partial charge in [0.2, 0.25) is 5.91 Å². The minimum Gasteiger partial charge on any atom is -0.332 e. The van der Waals surface area contributed by atoms with Crippen LogP contribution >= 0.6 is 0 Å². The number of halogens is 2. The molecule has 0 saturated carbocycles. The van der Waals surface area contributed by atoms with Gasteiger partial charge in [-0.15, -0.1) is 0 Å². The highest BCUT2D eigenvalue weighted by Gasteiger charge is 2.41. The van der Waals surface area contributed by atoms with E-state index in [0.717, 1.165) is 12.4 Å². The maximum atomic E-state index is 12.7. The van der Waals surface area contributed by atoms with Crippen molar-refractivity contribution in [2.45, 2.75) is 45.7 Å². The van der Waals surface area contributed by atoms with Crippen molar-refractivity contribution in [2.75, 3.05) is 13.1 Å². The zero-order chi connectivity index (χ0) is 17.4. The second kappa shape index (κ2) is 6.17. The van der Waals surface area contributed by atoms with Gasteiger partial charge in [-0.3, -0.25) is 9.59 Å². The molecule has 0 unspecified atom stereocenters. The third-order valence-corrected chi connectivity index (χ3v) is 3.76. The number of aromatic nitrogens is 2. The molecule has 2 amide bonds. The zero-order valence-electron chi connectivity index (χ0n) is 13.6. The van der Waals surface area contributed by atoms with Gasteiger partial charge in [0.05, 0.1) is 5.54 Å². The Balaban J connectivity index is 2.25. The van der Waals surface area contributed by atoms with Crippen LogP contribution in [-0.2, 0) is 4.79 Å². The second-order valence-electron chi connectivity index (χ2n) is 6.46. The van der Waals surface area contributed by atoms with Gasteiger partial charge in [-0.05, 0) is 33.8 Å². The molecule has 1 aromatic heterocycles. The number of hydrogen-bond donors (Lipinski definition) is 0. The van der Waals surface area contributed by atoms with Gasteiger partial charge in [0, 0.05) is 12.6 Å². The van der Waals surface area contributed by atoms with Crippen LogP contribution in [0.1, 0.15) is 50.3 Å². The summed E-state index contributed by atoms with van der Waals surface area (Å²) in [7, 11) is 0. The third kappa shape index (κ3) is 3.46. The van der Waals surface area contributed by atoms with Crippen molar-refractivity contribution < 1.29 is 18.4 Å². The van der Waals surface area contributed by atoms with Gasteiger partial charge in [-0.25, -0.2) is 18.7 Å². The molecule has 0 N–H and O–H groups in total. The Morgan fingerprint density at radius 3 is 2.48 bits per heavy atom. The summed E-state index contributed by atoms with van der Waals surface area (Å²) in [5.74, 6) is -0.716. The summed E-state index contributed by atoms with van der Waals surface area (Å²) < 4.78 is 25.4. The van der Waals surface area contributed by atoms with E-state index in [4.69, 9.17) is 0 Å². The molecular formula is C15H20F2N4O2. The minimum absolute atomic E-state index is 0.0132. The molecule has 6 nitrogen and oxygen atoms in total. The first-order chi connectivity index (χ1) is 10.6. The van der Waals surface area contributed by atoms with E-state index in [1.165, 1.54) is 4.90 Å². The Kier molecular flexibility index (Phi) is 4.63. The molecule has 1 aliphatic heterocycles. The van der Waals surface area contributed by atoms with Gasteiger partial charge < -0.3 is 9.80 Å². The average Bonchev–Trinajstić information content (AvgIpc) is 2.44. The number of carbonyl (C=O) groups excluding carboxylic acids is 2. The number of carbonyl (C=O) groups is 2. The fourth-order valence-corrected chi connectivity index (χ4v) is 3.08. The Labute approximate surface area is 133 Å². The SMILES string of the molecule is CC(C)N1C(=O)CN(C(=O)c2cc(C(F)F)ncn2)CC1(C)C. The summed E-state index contributed by atoms with van der Waals surface area (Å²) in [4.78, 5) is 35.1. The second-order valence-corrected chi connectivity index (χ2v) is 6.46. The average molecular weight is 326 g/mol. The molecule has 126 valence electrons. The predicted molar refractivity (Wildman–Crippen MR) is 79.0 cm³/mol. The monoisotopic (exact) mass is 326 g/mol. The van der Waals surface area contributed by atoms with E-state index in [2.05, 4.69) is 9.97 Å². The summed E-state index contributed by atoms with van der Waals surface area (Å²) in [6, 6.07) is 0.985. The lowest BCUT2D eigenvalue weighted by Gasteiger charge is -2.48. The van der Waals surface area contributed by atoms with E-state index in [0.29, 0.717) is 6.54 Å². The van der Waals surface area contributed by atoms with Crippen LogP contribution in [0.5, 0.6) is 0 Å². The number of nitrogens with zero attached hydrogens (tertiary/aromatic N) is 4. The summed E-state index contributed by atoms with van der Waals surface area (Å²) in [6.45, 7) is 7.79. The highest BCUT2D eigenvalue weighted by Crippen LogP contribution is 2.25. The summed E-state index contributed by atoms with van der Waals surface area (Å²) in [6.07, 6.45) is -1.84. The van der Waals surface area contributed by atoms with Crippen LogP contribution in [0.3, 0.4) is 0 Å². The van der Waals surface area contributed by atoms with Gasteiger partial charge in [-0.1, -0.05) is 0 Å². The smallest absolute Gasteiger partial charge is 0.280 e. The van der Waals surface area contributed by atoms with Crippen molar-refractivity contribution >= 4 is 11.8 Å². The minimum atomic E-state index is -2.78. The lowest BCUT2D eigenvalue weighted by molar-refractivity contribution is -0.146. The molecule has 23 heavy (non-hydrogen) atoms. The van der Waals surface area contributed by atoms with Gasteiger partial charge in [-0.2, -0.15) is 0 Å². The maximum absolute atomic E-state index is 12.7. The van der Waals surface area contributed by atoms with Crippen molar-refractivity contribution in [3.8, 4) is 0 Å². The highest BCUT2D eigenvalue weighted by molar-refractivity contribution is 5.96. The van der Waals surface area contributed by atoms with Crippen LogP contribution in [0, 0.1) is 0 Å². The van der Waals surface area contributed by atoms with E-state index in [9.17, 15) is 18.4 Å². The van der Waals surface area contributed by atoms with Crippen LogP contribution in [0.25, 0.3) is 0 Å². The van der Waals surface area contributed by atoms with Crippen LogP contribution in [0.15, 0.2) is 12.4 Å². The Morgan fingerprint density at radius 2 is 1.96 bits per heavy atom. The third-order valence-electron chi connectivity index (χ3n) is 3.76. The molecule has 0 aromatic carbocycles. The lowest BCUT2D eigenvalue weighted by Crippen LogP contribution is -2.64. The van der Waals surface area contributed by atoms with E-state index in [1.54, 1.807) is 4.90 Å². The van der Waals surface area contributed by atoms with E-state index in [-0.39, 0.29) is 24.2 Å². The number of alkyl halides is 2. The van der Waals surface area contributed by atoms with Crippen LogP contribution < -0.4 is 0 Å². The van der Waals surface area contributed by atoms with E-state index >= 15 is 0 Å². The Hall–Kier alpha value is -2.12. The largest absolute Gasteiger partial charge is 0.332 e. The molecule has 2 rings (SSSR count). The van der Waals surface area contributed by atoms with Crippen molar-refractivity contribution in [1.82, 2.24) is 19.8 Å². The summed E-state index contributed by atoms with van der Waals surface area (Å²) in [5, 5.41) is 0. The van der Waals surface area contributed by atoms with Gasteiger partial charge in [0.15, 0.2) is 0 Å². The number of piperazine rings is 1. The maximum Gasteiger partial charge on any atom is 0.280 e. The quantitative estimate of drug-likeness (QED) is 0.851. The van der Waals surface area contributed by atoms with Crippen molar-refractivity contribution in [3.63, 3.8) is 0 Å². The number of hydrogen-bond acceptors (Lipinski definition) is 4. The van der Waals surface area contributed by atoms with Gasteiger partial charge in [0.1, 0.15) is 24.3 Å². The first-order valence-electron chi connectivity index (χ1n) is 7.35. The fraction of sp³-hybridized carbons (Fsp3) is 0.600. The molecule has 0 spiro atoms. The fourth-order valence-electron chi connectivity index (χ4n) is 3.08. The van der Waals surface area contributed by atoms with E-state index < -0.39 is 23.6 Å². The summed E-state index contributed by atoms with van der Waals surface area (Å²) >= 11 is 0. The zero-order valence-corrected chi connectivity index (χ0v) is 13.6. The molecule has 1 aromatic rings. The number of amides is 2.